The van der Waals surface area contributed by atoms with Crippen molar-refractivity contribution in [2.45, 2.75) is 47.1 Å². The SMILES string of the molecule is C/C(Cl)=C/F.C/C=C(\C)CN=c1ccn(Cc2ccc(C(C)C)cc2)cc1NC. The van der Waals surface area contributed by atoms with Gasteiger partial charge in [0.1, 0.15) is 6.33 Å². The Bertz CT molecular complexity index is 874. The van der Waals surface area contributed by atoms with Gasteiger partial charge in [0.2, 0.25) is 0 Å². The zero-order valence-electron chi connectivity index (χ0n) is 18.3. The van der Waals surface area contributed by atoms with Crippen molar-refractivity contribution in [1.29, 1.82) is 0 Å². The summed E-state index contributed by atoms with van der Waals surface area (Å²) in [6, 6.07) is 11.0. The molecule has 1 heterocycles. The minimum absolute atomic E-state index is 0.185. The first-order chi connectivity index (χ1) is 13.8. The van der Waals surface area contributed by atoms with E-state index in [2.05, 4.69) is 84.4 Å². The number of nitrogens with one attached hydrogen (secondary N) is 1. The van der Waals surface area contributed by atoms with E-state index in [4.69, 9.17) is 11.6 Å². The number of nitrogens with zero attached hydrogens (tertiary/aromatic N) is 2. The summed E-state index contributed by atoms with van der Waals surface area (Å²) in [5.41, 5.74) is 5.02. The van der Waals surface area contributed by atoms with E-state index in [9.17, 15) is 4.39 Å². The van der Waals surface area contributed by atoms with E-state index in [1.807, 2.05) is 14.0 Å². The third kappa shape index (κ3) is 9.14. The Kier molecular flexibility index (Phi) is 11.1. The van der Waals surface area contributed by atoms with Gasteiger partial charge in [-0.2, -0.15) is 0 Å². The quantitative estimate of drug-likeness (QED) is 0.525. The summed E-state index contributed by atoms with van der Waals surface area (Å²) >= 11 is 4.95. The Morgan fingerprint density at radius 3 is 2.31 bits per heavy atom. The number of allylic oxidation sites excluding steroid dienone is 2. The molecule has 0 unspecified atom stereocenters. The molecule has 0 amide bonds. The predicted molar refractivity (Wildman–Crippen MR) is 124 cm³/mol. The molecule has 1 aromatic heterocycles. The van der Waals surface area contributed by atoms with Gasteiger partial charge in [0.25, 0.3) is 0 Å². The Morgan fingerprint density at radius 2 is 1.83 bits per heavy atom. The Labute approximate surface area is 179 Å². The summed E-state index contributed by atoms with van der Waals surface area (Å²) in [6.07, 6.45) is 6.68. The first kappa shape index (κ1) is 24.7. The molecule has 2 rings (SSSR count). The molecule has 0 bridgehead atoms. The standard InChI is InChI=1S/C21H29N3.C3H4ClF/c1-6-17(4)13-23-20-11-12-24(15-21(20)22-5)14-18-7-9-19(10-8-18)16(2)3;1-3(4)2-5/h6-12,15-16,22H,13-14H2,1-5H3;2H,1H3/b17-6+,23-20?;3-2-. The number of aromatic nitrogens is 1. The highest BCUT2D eigenvalue weighted by atomic mass is 35.5. The summed E-state index contributed by atoms with van der Waals surface area (Å²) < 4.78 is 13.0. The van der Waals surface area contributed by atoms with Crippen molar-refractivity contribution >= 4 is 17.3 Å². The highest BCUT2D eigenvalue weighted by Gasteiger charge is 2.01. The van der Waals surface area contributed by atoms with Gasteiger partial charge in [-0.25, -0.2) is 4.39 Å². The van der Waals surface area contributed by atoms with Crippen molar-refractivity contribution in [2.75, 3.05) is 18.9 Å². The Hall–Kier alpha value is -2.33. The largest absolute Gasteiger partial charge is 0.385 e. The molecular weight excluding hydrogens is 385 g/mol. The summed E-state index contributed by atoms with van der Waals surface area (Å²) in [7, 11) is 1.94. The van der Waals surface area contributed by atoms with E-state index in [0.717, 1.165) is 24.1 Å². The lowest BCUT2D eigenvalue weighted by molar-refractivity contribution is 0.716. The van der Waals surface area contributed by atoms with Crippen LogP contribution < -0.4 is 10.7 Å². The van der Waals surface area contributed by atoms with E-state index in [1.54, 1.807) is 0 Å². The average molecular weight is 418 g/mol. The molecule has 0 saturated heterocycles. The molecule has 0 spiro atoms. The fourth-order valence-electron chi connectivity index (χ4n) is 2.48. The lowest BCUT2D eigenvalue weighted by Crippen LogP contribution is -2.14. The maximum absolute atomic E-state index is 10.8. The molecule has 158 valence electrons. The number of benzene rings is 1. The van der Waals surface area contributed by atoms with Crippen molar-refractivity contribution in [2.24, 2.45) is 4.99 Å². The molecule has 0 aliphatic rings. The van der Waals surface area contributed by atoms with Crippen LogP contribution in [0.4, 0.5) is 10.1 Å². The molecule has 0 aliphatic carbocycles. The van der Waals surface area contributed by atoms with Gasteiger partial charge in [-0.15, -0.1) is 0 Å². The molecule has 1 N–H and O–H groups in total. The van der Waals surface area contributed by atoms with Crippen LogP contribution in [0.5, 0.6) is 0 Å². The molecule has 0 radical (unpaired) electrons. The van der Waals surface area contributed by atoms with Gasteiger partial charge >= 0.3 is 0 Å². The smallest absolute Gasteiger partial charge is 0.101 e. The summed E-state index contributed by atoms with van der Waals surface area (Å²) in [5, 5.41) is 4.44. The van der Waals surface area contributed by atoms with Gasteiger partial charge in [0, 0.05) is 31.0 Å². The van der Waals surface area contributed by atoms with Crippen molar-refractivity contribution in [3.63, 3.8) is 0 Å². The van der Waals surface area contributed by atoms with Crippen molar-refractivity contribution in [1.82, 2.24) is 4.57 Å². The first-order valence-electron chi connectivity index (χ1n) is 9.82. The van der Waals surface area contributed by atoms with Crippen molar-refractivity contribution < 1.29 is 4.39 Å². The number of hydrogen-bond donors (Lipinski definition) is 1. The molecule has 0 saturated carbocycles. The van der Waals surface area contributed by atoms with Crippen LogP contribution in [-0.4, -0.2) is 18.2 Å². The third-order valence-electron chi connectivity index (χ3n) is 4.42. The van der Waals surface area contributed by atoms with Crippen LogP contribution in [-0.2, 0) is 6.54 Å². The van der Waals surface area contributed by atoms with E-state index >= 15 is 0 Å². The van der Waals surface area contributed by atoms with Crippen molar-refractivity contribution in [3.8, 4) is 0 Å². The minimum Gasteiger partial charge on any atom is -0.385 e. The maximum atomic E-state index is 10.8. The van der Waals surface area contributed by atoms with E-state index < -0.39 is 0 Å². The van der Waals surface area contributed by atoms with Crippen LogP contribution in [0, 0.1) is 0 Å². The van der Waals surface area contributed by atoms with Gasteiger partial charge in [0.15, 0.2) is 0 Å². The number of pyridine rings is 1. The highest BCUT2D eigenvalue weighted by Crippen LogP contribution is 2.15. The molecule has 0 aliphatic heterocycles. The van der Waals surface area contributed by atoms with Gasteiger partial charge in [-0.05, 0) is 43.9 Å². The van der Waals surface area contributed by atoms with Crippen LogP contribution >= 0.6 is 11.6 Å². The monoisotopic (exact) mass is 417 g/mol. The van der Waals surface area contributed by atoms with Crippen molar-refractivity contribution in [3.05, 3.63) is 82.2 Å². The second-order valence-electron chi connectivity index (χ2n) is 7.21. The van der Waals surface area contributed by atoms with Crippen LogP contribution in [0.3, 0.4) is 0 Å². The fraction of sp³-hybridized carbons (Fsp3) is 0.375. The van der Waals surface area contributed by atoms with Gasteiger partial charge in [-0.3, -0.25) is 4.99 Å². The fourth-order valence-corrected chi connectivity index (χ4v) is 2.48. The van der Waals surface area contributed by atoms with Crippen LogP contribution in [0.25, 0.3) is 0 Å². The van der Waals surface area contributed by atoms with Crippen LogP contribution in [0.15, 0.2) is 70.7 Å². The number of anilines is 1. The second-order valence-corrected chi connectivity index (χ2v) is 7.81. The number of halogens is 2. The summed E-state index contributed by atoms with van der Waals surface area (Å²) in [6.45, 7) is 11.7. The third-order valence-corrected chi connectivity index (χ3v) is 4.50. The molecule has 3 nitrogen and oxygen atoms in total. The number of rotatable bonds is 6. The van der Waals surface area contributed by atoms with Crippen LogP contribution in [0.2, 0.25) is 0 Å². The first-order valence-corrected chi connectivity index (χ1v) is 10.2. The Balaban J connectivity index is 0.000000749. The molecule has 5 heteroatoms. The van der Waals surface area contributed by atoms with E-state index in [-0.39, 0.29) is 5.03 Å². The lowest BCUT2D eigenvalue weighted by Gasteiger charge is -2.11. The summed E-state index contributed by atoms with van der Waals surface area (Å²) in [5.74, 6) is 0.573. The number of hydrogen-bond acceptors (Lipinski definition) is 2. The van der Waals surface area contributed by atoms with E-state index in [1.165, 1.54) is 23.6 Å². The average Bonchev–Trinajstić information content (AvgIpc) is 2.73. The Morgan fingerprint density at radius 1 is 1.21 bits per heavy atom. The molecule has 0 fully saturated rings. The topological polar surface area (TPSA) is 29.3 Å². The lowest BCUT2D eigenvalue weighted by atomic mass is 10.0. The summed E-state index contributed by atoms with van der Waals surface area (Å²) in [4.78, 5) is 4.68. The zero-order valence-corrected chi connectivity index (χ0v) is 19.1. The molecular formula is C24H33ClFN3. The van der Waals surface area contributed by atoms with E-state index in [0.29, 0.717) is 12.2 Å². The van der Waals surface area contributed by atoms with Gasteiger partial charge in [0.05, 0.1) is 17.6 Å². The molecule has 0 atom stereocenters. The van der Waals surface area contributed by atoms with Crippen LogP contribution in [0.1, 0.15) is 51.7 Å². The molecule has 1 aromatic carbocycles. The molecule has 29 heavy (non-hydrogen) atoms. The van der Waals surface area contributed by atoms with Gasteiger partial charge in [-0.1, -0.05) is 61.4 Å². The maximum Gasteiger partial charge on any atom is 0.101 e. The normalized spacial score (nSPS) is 12.7. The minimum atomic E-state index is 0.185. The predicted octanol–water partition coefficient (Wildman–Crippen LogP) is 6.62. The highest BCUT2D eigenvalue weighted by molar-refractivity contribution is 6.29. The second kappa shape index (κ2) is 13.0. The molecule has 2 aromatic rings. The zero-order chi connectivity index (χ0) is 21.8. The van der Waals surface area contributed by atoms with Gasteiger partial charge < -0.3 is 9.88 Å².